The van der Waals surface area contributed by atoms with Crippen molar-refractivity contribution in [3.05, 3.63) is 72.9 Å². The van der Waals surface area contributed by atoms with Crippen LogP contribution in [-0.4, -0.2) is 12.6 Å². The molecule has 0 spiro atoms. The Morgan fingerprint density at radius 2 is 1.03 bits per heavy atom. The van der Waals surface area contributed by atoms with Gasteiger partial charge in [-0.2, -0.15) is 0 Å². The minimum Gasteiger partial charge on any atom is -0.465 e. The van der Waals surface area contributed by atoms with E-state index in [9.17, 15) is 4.79 Å². The number of carbonyl (C=O) groups excluding carboxylic acids is 1. The van der Waals surface area contributed by atoms with Crippen LogP contribution in [0.5, 0.6) is 0 Å². The molecule has 0 aromatic heterocycles. The number of hydrogen-bond donors (Lipinski definition) is 0. The van der Waals surface area contributed by atoms with Crippen LogP contribution in [0.25, 0.3) is 0 Å². The van der Waals surface area contributed by atoms with Gasteiger partial charge in [0.25, 0.3) is 0 Å². The Balaban J connectivity index is 0. The van der Waals surface area contributed by atoms with E-state index in [4.69, 9.17) is 4.74 Å². The average Bonchev–Trinajstić information content (AvgIpc) is 2.68. The monoisotopic (exact) mass is 414 g/mol. The zero-order valence-electron chi connectivity index (χ0n) is 19.1. The van der Waals surface area contributed by atoms with Gasteiger partial charge in [0.1, 0.15) is 0 Å². The summed E-state index contributed by atoms with van der Waals surface area (Å²) >= 11 is 0. The minimum absolute atomic E-state index is 0. The fourth-order valence-electron chi connectivity index (χ4n) is 2.22. The summed E-state index contributed by atoms with van der Waals surface area (Å²) in [6.07, 6.45) is 34.3. The Hall–Kier alpha value is -2.09. The van der Waals surface area contributed by atoms with E-state index < -0.39 is 5.41 Å². The van der Waals surface area contributed by atoms with Crippen molar-refractivity contribution >= 4 is 5.97 Å². The summed E-state index contributed by atoms with van der Waals surface area (Å²) in [6.45, 7) is 8.28. The Kier molecular flexibility index (Phi) is 21.7. The molecule has 0 heterocycles. The van der Waals surface area contributed by atoms with E-state index in [0.717, 1.165) is 51.4 Å². The van der Waals surface area contributed by atoms with Gasteiger partial charge < -0.3 is 4.74 Å². The number of hydrogen-bond acceptors (Lipinski definition) is 2. The molecule has 0 N–H and O–H groups in total. The van der Waals surface area contributed by atoms with Crippen molar-refractivity contribution in [3.63, 3.8) is 0 Å². The second-order valence-electron chi connectivity index (χ2n) is 7.94. The predicted molar refractivity (Wildman–Crippen MR) is 135 cm³/mol. The van der Waals surface area contributed by atoms with Crippen molar-refractivity contribution in [2.45, 2.75) is 86.5 Å². The standard InChI is InChI=1S/C27H42O2.CH4/c1-5-6-7-8-9-10-11-12-13-14-15-16-17-18-19-20-21-22-23-24-25-29-26(28)27(2,3)4;/h6-7,9-10,12-13,15-16,18-19,21-22H,5,8,11,14,17,20,23-25H2,1-4H3;1H4/b7-6-,10-9-,13-12-,16-15-,19-18-,22-21-;. The molecular weight excluding hydrogens is 368 g/mol. The first-order valence-corrected chi connectivity index (χ1v) is 11.1. The number of allylic oxidation sites excluding steroid dienone is 12. The van der Waals surface area contributed by atoms with Crippen molar-refractivity contribution in [1.82, 2.24) is 0 Å². The van der Waals surface area contributed by atoms with Crippen LogP contribution in [-0.2, 0) is 9.53 Å². The number of esters is 1. The molecule has 0 aliphatic heterocycles. The van der Waals surface area contributed by atoms with Gasteiger partial charge in [-0.3, -0.25) is 4.79 Å². The molecular formula is C28H46O2. The van der Waals surface area contributed by atoms with Gasteiger partial charge >= 0.3 is 5.97 Å². The highest BCUT2D eigenvalue weighted by Crippen LogP contribution is 2.15. The van der Waals surface area contributed by atoms with E-state index in [2.05, 4.69) is 79.8 Å². The maximum atomic E-state index is 11.6. The first kappa shape index (κ1) is 30.1. The zero-order valence-corrected chi connectivity index (χ0v) is 19.1. The van der Waals surface area contributed by atoms with Crippen LogP contribution in [0.4, 0.5) is 0 Å². The number of carbonyl (C=O) groups is 1. The second kappa shape index (κ2) is 21.6. The second-order valence-corrected chi connectivity index (χ2v) is 7.94. The van der Waals surface area contributed by atoms with Gasteiger partial charge in [0, 0.05) is 0 Å². The highest BCUT2D eigenvalue weighted by Gasteiger charge is 2.22. The first-order chi connectivity index (χ1) is 14.0. The predicted octanol–water partition coefficient (Wildman–Crippen LogP) is 8.69. The van der Waals surface area contributed by atoms with Crippen molar-refractivity contribution < 1.29 is 9.53 Å². The molecule has 0 radical (unpaired) electrons. The summed E-state index contributed by atoms with van der Waals surface area (Å²) in [5.74, 6) is -0.125. The molecule has 0 amide bonds. The highest BCUT2D eigenvalue weighted by atomic mass is 16.5. The quantitative estimate of drug-likeness (QED) is 0.152. The maximum absolute atomic E-state index is 11.6. The molecule has 2 nitrogen and oxygen atoms in total. The SMILES string of the molecule is C.CC/C=C\C/C=C\C/C=C\C/C=C\C/C=C\C/C=C\CCCOC(=O)C(C)(C)C. The lowest BCUT2D eigenvalue weighted by molar-refractivity contribution is -0.153. The molecule has 0 bridgehead atoms. The van der Waals surface area contributed by atoms with Gasteiger partial charge in [-0.05, 0) is 72.1 Å². The summed E-state index contributed by atoms with van der Waals surface area (Å²) < 4.78 is 5.24. The summed E-state index contributed by atoms with van der Waals surface area (Å²) in [5, 5.41) is 0. The summed E-state index contributed by atoms with van der Waals surface area (Å²) in [6, 6.07) is 0. The Bertz CT molecular complexity index is 566. The fourth-order valence-corrected chi connectivity index (χ4v) is 2.22. The molecule has 0 fully saturated rings. The van der Waals surface area contributed by atoms with Crippen molar-refractivity contribution in [3.8, 4) is 0 Å². The maximum Gasteiger partial charge on any atom is 0.311 e. The lowest BCUT2D eigenvalue weighted by atomic mass is 9.97. The average molecular weight is 415 g/mol. The molecule has 0 aromatic rings. The first-order valence-electron chi connectivity index (χ1n) is 11.1. The third-order valence-electron chi connectivity index (χ3n) is 3.96. The highest BCUT2D eigenvalue weighted by molar-refractivity contribution is 5.75. The molecule has 0 aliphatic rings. The third kappa shape index (κ3) is 22.2. The largest absolute Gasteiger partial charge is 0.465 e. The Morgan fingerprint density at radius 1 is 0.667 bits per heavy atom. The summed E-state index contributed by atoms with van der Waals surface area (Å²) in [5.41, 5.74) is -0.408. The van der Waals surface area contributed by atoms with Gasteiger partial charge in [0.2, 0.25) is 0 Å². The van der Waals surface area contributed by atoms with Crippen LogP contribution >= 0.6 is 0 Å². The topological polar surface area (TPSA) is 26.3 Å². The molecule has 170 valence electrons. The van der Waals surface area contributed by atoms with E-state index in [1.54, 1.807) is 0 Å². The molecule has 0 atom stereocenters. The van der Waals surface area contributed by atoms with Crippen LogP contribution < -0.4 is 0 Å². The number of unbranched alkanes of at least 4 members (excludes halogenated alkanes) is 1. The van der Waals surface area contributed by atoms with Gasteiger partial charge in [0.05, 0.1) is 12.0 Å². The molecule has 2 heteroatoms. The molecule has 0 unspecified atom stereocenters. The van der Waals surface area contributed by atoms with Crippen LogP contribution in [0.3, 0.4) is 0 Å². The Labute approximate surface area is 187 Å². The van der Waals surface area contributed by atoms with Gasteiger partial charge in [0.15, 0.2) is 0 Å². The van der Waals surface area contributed by atoms with Crippen molar-refractivity contribution in [2.24, 2.45) is 5.41 Å². The molecule has 0 aliphatic carbocycles. The molecule has 0 rings (SSSR count). The smallest absolute Gasteiger partial charge is 0.311 e. The third-order valence-corrected chi connectivity index (χ3v) is 3.96. The van der Waals surface area contributed by atoms with E-state index in [0.29, 0.717) is 6.61 Å². The van der Waals surface area contributed by atoms with Crippen molar-refractivity contribution in [2.75, 3.05) is 6.61 Å². The van der Waals surface area contributed by atoms with E-state index in [1.165, 1.54) is 0 Å². The lowest BCUT2D eigenvalue weighted by Gasteiger charge is -2.16. The Morgan fingerprint density at radius 3 is 1.40 bits per heavy atom. The van der Waals surface area contributed by atoms with E-state index >= 15 is 0 Å². The van der Waals surface area contributed by atoms with Crippen LogP contribution in [0.1, 0.15) is 86.5 Å². The van der Waals surface area contributed by atoms with Crippen LogP contribution in [0.15, 0.2) is 72.9 Å². The van der Waals surface area contributed by atoms with E-state index in [-0.39, 0.29) is 13.4 Å². The summed E-state index contributed by atoms with van der Waals surface area (Å²) in [7, 11) is 0. The number of ether oxygens (including phenoxy) is 1. The molecule has 30 heavy (non-hydrogen) atoms. The molecule has 0 aromatic carbocycles. The van der Waals surface area contributed by atoms with Crippen molar-refractivity contribution in [1.29, 1.82) is 0 Å². The lowest BCUT2D eigenvalue weighted by Crippen LogP contribution is -2.23. The summed E-state index contributed by atoms with van der Waals surface area (Å²) in [4.78, 5) is 11.6. The van der Waals surface area contributed by atoms with E-state index in [1.807, 2.05) is 20.8 Å². The van der Waals surface area contributed by atoms with Crippen LogP contribution in [0, 0.1) is 5.41 Å². The zero-order chi connectivity index (χ0) is 21.6. The minimum atomic E-state index is -0.408. The van der Waals surface area contributed by atoms with Gasteiger partial charge in [-0.25, -0.2) is 0 Å². The number of rotatable bonds is 15. The van der Waals surface area contributed by atoms with Crippen LogP contribution in [0.2, 0.25) is 0 Å². The normalized spacial score (nSPS) is 12.9. The molecule has 0 saturated carbocycles. The van der Waals surface area contributed by atoms with Gasteiger partial charge in [-0.1, -0.05) is 87.3 Å². The molecule has 0 saturated heterocycles. The fraction of sp³-hybridized carbons (Fsp3) is 0.536. The van der Waals surface area contributed by atoms with Gasteiger partial charge in [-0.15, -0.1) is 0 Å².